The van der Waals surface area contributed by atoms with Crippen molar-refractivity contribution < 1.29 is 9.53 Å². The van der Waals surface area contributed by atoms with Crippen molar-refractivity contribution in [2.75, 3.05) is 19.8 Å². The average Bonchev–Trinajstić information content (AvgIpc) is 2.88. The number of nitrogens with zero attached hydrogens (tertiary/aromatic N) is 3. The maximum Gasteiger partial charge on any atom is 0.222 e. The summed E-state index contributed by atoms with van der Waals surface area (Å²) in [6, 6.07) is 0.336. The molecule has 1 aromatic rings. The van der Waals surface area contributed by atoms with Crippen LogP contribution in [0.15, 0.2) is 6.33 Å². The van der Waals surface area contributed by atoms with Gasteiger partial charge in [-0.05, 0) is 20.8 Å². The van der Waals surface area contributed by atoms with Gasteiger partial charge in [0.15, 0.2) is 0 Å². The second kappa shape index (κ2) is 6.39. The maximum absolute atomic E-state index is 12.2. The number of carbonyl (C=O) groups excluding carboxylic acids is 1. The topological polar surface area (TPSA) is 47.4 Å². The molecule has 112 valence electrons. The van der Waals surface area contributed by atoms with Gasteiger partial charge in [-0.3, -0.25) is 4.79 Å². The van der Waals surface area contributed by atoms with E-state index in [1.165, 1.54) is 0 Å². The maximum atomic E-state index is 12.2. The molecule has 1 amide bonds. The minimum atomic E-state index is -0.00366. The SMILES string of the molecule is CCOC[C@H]1c2c(ncn2C(C)C)CCN1C(=O)CC. The molecular formula is C15H25N3O2. The lowest BCUT2D eigenvalue weighted by Crippen LogP contribution is -2.42. The van der Waals surface area contributed by atoms with E-state index in [1.807, 2.05) is 25.1 Å². The molecule has 20 heavy (non-hydrogen) atoms. The fourth-order valence-corrected chi connectivity index (χ4v) is 2.81. The summed E-state index contributed by atoms with van der Waals surface area (Å²) in [5.74, 6) is 0.192. The molecule has 5 nitrogen and oxygen atoms in total. The molecule has 5 heteroatoms. The Labute approximate surface area is 120 Å². The van der Waals surface area contributed by atoms with Gasteiger partial charge >= 0.3 is 0 Å². The van der Waals surface area contributed by atoms with E-state index in [-0.39, 0.29) is 11.9 Å². The molecule has 0 radical (unpaired) electrons. The van der Waals surface area contributed by atoms with Crippen molar-refractivity contribution in [3.63, 3.8) is 0 Å². The number of amides is 1. The van der Waals surface area contributed by atoms with Gasteiger partial charge in [-0.15, -0.1) is 0 Å². The van der Waals surface area contributed by atoms with Gasteiger partial charge in [0.05, 0.1) is 30.4 Å². The van der Waals surface area contributed by atoms with Crippen LogP contribution in [0.5, 0.6) is 0 Å². The predicted octanol–water partition coefficient (Wildman–Crippen LogP) is 2.34. The fourth-order valence-electron chi connectivity index (χ4n) is 2.81. The van der Waals surface area contributed by atoms with Crippen LogP contribution in [0.2, 0.25) is 0 Å². The van der Waals surface area contributed by atoms with Gasteiger partial charge < -0.3 is 14.2 Å². The second-order valence-electron chi connectivity index (χ2n) is 5.44. The number of carbonyl (C=O) groups is 1. The third-order valence-corrected chi connectivity index (χ3v) is 3.85. The third-order valence-electron chi connectivity index (χ3n) is 3.85. The zero-order valence-electron chi connectivity index (χ0n) is 12.9. The largest absolute Gasteiger partial charge is 0.379 e. The van der Waals surface area contributed by atoms with Crippen LogP contribution in [0.4, 0.5) is 0 Å². The number of fused-ring (bicyclic) bond motifs is 1. The smallest absolute Gasteiger partial charge is 0.222 e. The van der Waals surface area contributed by atoms with Gasteiger partial charge in [0.25, 0.3) is 0 Å². The van der Waals surface area contributed by atoms with Gasteiger partial charge in [-0.1, -0.05) is 6.92 Å². The van der Waals surface area contributed by atoms with Gasteiger partial charge in [0.2, 0.25) is 5.91 Å². The Morgan fingerprint density at radius 1 is 1.50 bits per heavy atom. The molecular weight excluding hydrogens is 254 g/mol. The Kier molecular flexibility index (Phi) is 4.81. The predicted molar refractivity (Wildman–Crippen MR) is 77.6 cm³/mol. The summed E-state index contributed by atoms with van der Waals surface area (Å²) in [7, 11) is 0. The molecule has 0 saturated heterocycles. The summed E-state index contributed by atoms with van der Waals surface area (Å²) < 4.78 is 7.80. The minimum Gasteiger partial charge on any atom is -0.379 e. The van der Waals surface area contributed by atoms with Crippen molar-refractivity contribution in [2.24, 2.45) is 0 Å². The van der Waals surface area contributed by atoms with Crippen molar-refractivity contribution in [1.29, 1.82) is 0 Å². The zero-order valence-corrected chi connectivity index (χ0v) is 12.9. The summed E-state index contributed by atoms with van der Waals surface area (Å²) >= 11 is 0. The minimum absolute atomic E-state index is 0.00366. The first kappa shape index (κ1) is 15.0. The first-order chi connectivity index (χ1) is 9.60. The highest BCUT2D eigenvalue weighted by atomic mass is 16.5. The van der Waals surface area contributed by atoms with Crippen LogP contribution in [0.1, 0.15) is 57.6 Å². The molecule has 0 aliphatic carbocycles. The van der Waals surface area contributed by atoms with Crippen LogP contribution in [0.25, 0.3) is 0 Å². The van der Waals surface area contributed by atoms with Crippen molar-refractivity contribution in [1.82, 2.24) is 14.5 Å². The van der Waals surface area contributed by atoms with Crippen LogP contribution in [0.3, 0.4) is 0 Å². The Balaban J connectivity index is 2.37. The summed E-state index contributed by atoms with van der Waals surface area (Å²) in [5, 5.41) is 0. The highest BCUT2D eigenvalue weighted by Gasteiger charge is 2.34. The number of imidazole rings is 1. The molecule has 0 N–H and O–H groups in total. The number of ether oxygens (including phenoxy) is 1. The highest BCUT2D eigenvalue weighted by molar-refractivity contribution is 5.76. The molecule has 1 aliphatic rings. The molecule has 1 aromatic heterocycles. The number of hydrogen-bond donors (Lipinski definition) is 0. The van der Waals surface area contributed by atoms with Crippen LogP contribution in [-0.2, 0) is 16.0 Å². The summed E-state index contributed by atoms with van der Waals surface area (Å²) in [5.41, 5.74) is 2.27. The number of hydrogen-bond acceptors (Lipinski definition) is 3. The van der Waals surface area contributed by atoms with E-state index in [2.05, 4.69) is 23.4 Å². The number of rotatable bonds is 5. The lowest BCUT2D eigenvalue weighted by atomic mass is 10.0. The monoisotopic (exact) mass is 279 g/mol. The molecule has 0 unspecified atom stereocenters. The Hall–Kier alpha value is -1.36. The van der Waals surface area contributed by atoms with E-state index >= 15 is 0 Å². The molecule has 2 rings (SSSR count). The second-order valence-corrected chi connectivity index (χ2v) is 5.44. The zero-order chi connectivity index (χ0) is 14.7. The summed E-state index contributed by atoms with van der Waals surface area (Å²) in [6.45, 7) is 10.1. The quantitative estimate of drug-likeness (QED) is 0.831. The van der Waals surface area contributed by atoms with Crippen molar-refractivity contribution in [2.45, 2.75) is 52.6 Å². The van der Waals surface area contributed by atoms with Crippen LogP contribution < -0.4 is 0 Å². The fraction of sp³-hybridized carbons (Fsp3) is 0.733. The molecule has 1 atom stereocenters. The standard InChI is InChI=1S/C15H25N3O2/c1-5-14(19)17-8-7-12-15(13(17)9-20-6-2)18(10-16-12)11(3)4/h10-11,13H,5-9H2,1-4H3/t13-/m0/s1. The molecule has 0 bridgehead atoms. The van der Waals surface area contributed by atoms with E-state index in [0.29, 0.717) is 25.7 Å². The van der Waals surface area contributed by atoms with Crippen molar-refractivity contribution >= 4 is 5.91 Å². The van der Waals surface area contributed by atoms with E-state index < -0.39 is 0 Å². The first-order valence-corrected chi connectivity index (χ1v) is 7.52. The van der Waals surface area contributed by atoms with Gasteiger partial charge in [-0.2, -0.15) is 0 Å². The molecule has 0 saturated carbocycles. The van der Waals surface area contributed by atoms with Crippen LogP contribution in [0, 0.1) is 0 Å². The van der Waals surface area contributed by atoms with E-state index in [1.54, 1.807) is 0 Å². The lowest BCUT2D eigenvalue weighted by molar-refractivity contribution is -0.135. The van der Waals surface area contributed by atoms with Gasteiger partial charge in [0.1, 0.15) is 0 Å². The molecule has 0 spiro atoms. The summed E-state index contributed by atoms with van der Waals surface area (Å²) in [4.78, 5) is 18.7. The van der Waals surface area contributed by atoms with Gasteiger partial charge in [0, 0.05) is 32.0 Å². The van der Waals surface area contributed by atoms with Crippen molar-refractivity contribution in [3.05, 3.63) is 17.7 Å². The van der Waals surface area contributed by atoms with E-state index in [4.69, 9.17) is 4.74 Å². The average molecular weight is 279 g/mol. The molecule has 0 aromatic carbocycles. The van der Waals surface area contributed by atoms with E-state index in [9.17, 15) is 4.79 Å². The molecule has 0 fully saturated rings. The molecule has 1 aliphatic heterocycles. The van der Waals surface area contributed by atoms with Crippen LogP contribution >= 0.6 is 0 Å². The van der Waals surface area contributed by atoms with Gasteiger partial charge in [-0.25, -0.2) is 4.98 Å². The summed E-state index contributed by atoms with van der Waals surface area (Å²) in [6.07, 6.45) is 3.27. The van der Waals surface area contributed by atoms with Crippen LogP contribution in [-0.4, -0.2) is 40.1 Å². The van der Waals surface area contributed by atoms with Crippen molar-refractivity contribution in [3.8, 4) is 0 Å². The van der Waals surface area contributed by atoms with E-state index in [0.717, 1.165) is 24.4 Å². The first-order valence-electron chi connectivity index (χ1n) is 7.52. The third kappa shape index (κ3) is 2.73. The Bertz CT molecular complexity index is 468. The normalized spacial score (nSPS) is 18.4. The molecule has 2 heterocycles. The Morgan fingerprint density at radius 2 is 2.25 bits per heavy atom. The highest BCUT2D eigenvalue weighted by Crippen LogP contribution is 2.31. The lowest BCUT2D eigenvalue weighted by Gasteiger charge is -2.36. The number of aromatic nitrogens is 2. The Morgan fingerprint density at radius 3 is 2.85 bits per heavy atom.